The van der Waals surface area contributed by atoms with Crippen LogP contribution < -0.4 is 10.6 Å². The fraction of sp³-hybridized carbons (Fsp3) is 0.357. The van der Waals surface area contributed by atoms with Crippen LogP contribution in [0.25, 0.3) is 21.8 Å². The zero-order valence-electron chi connectivity index (χ0n) is 32.8. The van der Waals surface area contributed by atoms with Gasteiger partial charge in [-0.2, -0.15) is 14.7 Å². The van der Waals surface area contributed by atoms with Crippen molar-refractivity contribution >= 4 is 51.7 Å². The molecule has 0 spiro atoms. The number of aromatic amines is 1. The number of nitrogens with zero attached hydrogens (tertiary/aromatic N) is 4. The molecule has 0 bridgehead atoms. The second-order valence-corrected chi connectivity index (χ2v) is 14.5. The largest absolute Gasteiger partial charge is 0.443 e. The molecule has 56 heavy (non-hydrogen) atoms. The number of hydrogen-bond donors (Lipinski definition) is 2. The van der Waals surface area contributed by atoms with Crippen LogP contribution in [0.3, 0.4) is 0 Å². The number of fused-ring (bicyclic) bond motifs is 2. The maximum atomic E-state index is 14.4. The van der Waals surface area contributed by atoms with E-state index in [4.69, 9.17) is 19.9 Å². The first-order valence-corrected chi connectivity index (χ1v) is 16.5. The summed E-state index contributed by atoms with van der Waals surface area (Å²) in [4.78, 5) is 39.5. The van der Waals surface area contributed by atoms with Crippen molar-refractivity contribution in [1.82, 2.24) is 20.0 Å². The summed E-state index contributed by atoms with van der Waals surface area (Å²) in [5.74, 6) is -0.679. The molecular weight excluding hydrogens is 722 g/mol. The van der Waals surface area contributed by atoms with Crippen LogP contribution in [0.1, 0.15) is 80.9 Å². The molecule has 14 heteroatoms. The van der Waals surface area contributed by atoms with Gasteiger partial charge in [-0.05, 0) is 153 Å². The number of rotatable bonds is 1. The normalized spacial score (nSPS) is 10.3. The Balaban J connectivity index is 0.000000551. The maximum Gasteiger partial charge on any atom is 0.435 e. The molecule has 0 saturated heterocycles. The number of anilines is 2. The first-order valence-electron chi connectivity index (χ1n) is 16.5. The van der Waals surface area contributed by atoms with Crippen molar-refractivity contribution in [3.8, 4) is 0 Å². The lowest BCUT2D eigenvalue weighted by atomic mass is 10.1. The zero-order chi connectivity index (χ0) is 41.9. The molecular formula is C42H48F2N6O6. The van der Waals surface area contributed by atoms with Gasteiger partial charge in [0.1, 0.15) is 28.4 Å². The van der Waals surface area contributed by atoms with Crippen molar-refractivity contribution in [3.05, 3.63) is 106 Å². The SMILES string of the molecule is C.C=C=C=C=C=C=C=C=C=C.Cc1cc2c(N(C(=O)OC(C)(C)C)C(=O)OC(C)(C)C)nn(C(=O)OC(C)(C)C)c2cc1F.Cc1cc2c(N)n[nH]c2cc1F. The van der Waals surface area contributed by atoms with Crippen LogP contribution in [0.15, 0.2) is 83.3 Å². The molecule has 0 aliphatic heterocycles. The number of benzene rings is 2. The molecule has 0 fully saturated rings. The van der Waals surface area contributed by atoms with Gasteiger partial charge in [0.2, 0.25) is 0 Å². The predicted molar refractivity (Wildman–Crippen MR) is 212 cm³/mol. The van der Waals surface area contributed by atoms with E-state index in [0.717, 1.165) is 16.1 Å². The number of nitrogen functional groups attached to an aromatic ring is 1. The van der Waals surface area contributed by atoms with Crippen LogP contribution in [0.5, 0.6) is 0 Å². The van der Waals surface area contributed by atoms with E-state index >= 15 is 0 Å². The first-order chi connectivity index (χ1) is 25.4. The fourth-order valence-electron chi connectivity index (χ4n) is 4.08. The molecule has 0 aliphatic carbocycles. The number of carbonyl (C=O) groups is 3. The van der Waals surface area contributed by atoms with Gasteiger partial charge in [0.25, 0.3) is 0 Å². The Kier molecular flexibility index (Phi) is 16.5. The van der Waals surface area contributed by atoms with Crippen molar-refractivity contribution in [2.75, 3.05) is 10.6 Å². The number of ether oxygens (including phenoxy) is 3. The number of imide groups is 1. The van der Waals surface area contributed by atoms with Crippen LogP contribution in [0.4, 0.5) is 34.8 Å². The lowest BCUT2D eigenvalue weighted by Crippen LogP contribution is -2.44. The Morgan fingerprint density at radius 3 is 1.61 bits per heavy atom. The highest BCUT2D eigenvalue weighted by Gasteiger charge is 2.37. The zero-order valence-corrected chi connectivity index (χ0v) is 32.8. The number of nitrogens with two attached hydrogens (primary N) is 1. The molecule has 2 heterocycles. The molecule has 0 atom stereocenters. The van der Waals surface area contributed by atoms with E-state index in [1.54, 1.807) is 75.3 Å². The van der Waals surface area contributed by atoms with Gasteiger partial charge < -0.3 is 19.9 Å². The van der Waals surface area contributed by atoms with Crippen LogP contribution in [-0.2, 0) is 14.2 Å². The summed E-state index contributed by atoms with van der Waals surface area (Å²) >= 11 is 0. The van der Waals surface area contributed by atoms with Gasteiger partial charge in [0, 0.05) is 16.8 Å². The molecule has 4 aromatic rings. The molecule has 2 aromatic heterocycles. The van der Waals surface area contributed by atoms with E-state index in [2.05, 4.69) is 74.3 Å². The quantitative estimate of drug-likeness (QED) is 0.142. The molecule has 296 valence electrons. The van der Waals surface area contributed by atoms with Crippen LogP contribution in [-0.4, -0.2) is 55.1 Å². The fourth-order valence-corrected chi connectivity index (χ4v) is 4.08. The first kappa shape index (κ1) is 47.3. The Morgan fingerprint density at radius 2 is 1.16 bits per heavy atom. The molecule has 2 amide bonds. The Hall–Kier alpha value is -6.77. The number of H-pyrrole nitrogens is 1. The topological polar surface area (TPSA) is 155 Å². The van der Waals surface area contributed by atoms with Crippen LogP contribution in [0.2, 0.25) is 0 Å². The van der Waals surface area contributed by atoms with Gasteiger partial charge in [-0.15, -0.1) is 5.10 Å². The molecule has 3 N–H and O–H groups in total. The lowest BCUT2D eigenvalue weighted by Gasteiger charge is -2.27. The standard InChI is InChI=1S/C23H32FN3O6.C10H4.C8H8FN3.CH4/c1-13-11-14-16(12-15(13)24)27(20(30)33-23(8,9)10)25-17(14)26(18(28)31-21(2,3)4)19(29)32-22(5,6)7;1-3-5-7-9-10-8-6-4-2;1-4-2-5-7(3-6(4)9)11-12-8(5)10;/h11-12H,1-10H3;1-2H2;2-3H,1H3,(H3,10,11,12);1H4. The molecule has 0 radical (unpaired) electrons. The second-order valence-electron chi connectivity index (χ2n) is 14.5. The summed E-state index contributed by atoms with van der Waals surface area (Å²) < 4.78 is 44.3. The lowest BCUT2D eigenvalue weighted by molar-refractivity contribution is 0.0420. The van der Waals surface area contributed by atoms with E-state index in [-0.39, 0.29) is 35.5 Å². The maximum absolute atomic E-state index is 14.4. The third-order valence-corrected chi connectivity index (χ3v) is 6.23. The summed E-state index contributed by atoms with van der Waals surface area (Å²) in [6.45, 7) is 24.5. The number of aromatic nitrogens is 4. The minimum Gasteiger partial charge on any atom is -0.443 e. The summed E-state index contributed by atoms with van der Waals surface area (Å²) in [5.41, 5.74) is 23.7. The van der Waals surface area contributed by atoms with E-state index in [1.165, 1.54) is 19.1 Å². The third-order valence-electron chi connectivity index (χ3n) is 6.23. The highest BCUT2D eigenvalue weighted by Crippen LogP contribution is 2.32. The number of amides is 2. The van der Waals surface area contributed by atoms with Crippen molar-refractivity contribution in [1.29, 1.82) is 0 Å². The third kappa shape index (κ3) is 14.2. The van der Waals surface area contributed by atoms with E-state index in [0.29, 0.717) is 21.8 Å². The molecule has 12 nitrogen and oxygen atoms in total. The van der Waals surface area contributed by atoms with Crippen LogP contribution >= 0.6 is 0 Å². The van der Waals surface area contributed by atoms with Gasteiger partial charge in [0.05, 0.1) is 11.0 Å². The number of hydrogen-bond acceptors (Lipinski definition) is 9. The average Bonchev–Trinajstić information content (AvgIpc) is 3.57. The monoisotopic (exact) mass is 770 g/mol. The highest BCUT2D eigenvalue weighted by atomic mass is 19.1. The van der Waals surface area contributed by atoms with Crippen molar-refractivity contribution in [2.24, 2.45) is 0 Å². The second kappa shape index (κ2) is 19.5. The number of nitrogens with one attached hydrogen (secondary N) is 1. The molecule has 2 aromatic carbocycles. The molecule has 4 rings (SSSR count). The number of carbonyl (C=O) groups excluding carboxylic acids is 3. The number of aryl methyl sites for hydroxylation is 2. The smallest absolute Gasteiger partial charge is 0.435 e. The minimum atomic E-state index is -1.06. The summed E-state index contributed by atoms with van der Waals surface area (Å²) in [6.07, 6.45) is -3.03. The molecule has 0 unspecified atom stereocenters. The van der Waals surface area contributed by atoms with Gasteiger partial charge >= 0.3 is 18.3 Å². The van der Waals surface area contributed by atoms with Crippen molar-refractivity contribution in [3.63, 3.8) is 0 Å². The summed E-state index contributed by atoms with van der Waals surface area (Å²) in [5, 5.41) is 11.5. The van der Waals surface area contributed by atoms with Crippen LogP contribution in [0, 0.1) is 25.5 Å². The minimum absolute atomic E-state index is 0. The van der Waals surface area contributed by atoms with Crippen molar-refractivity contribution in [2.45, 2.75) is 100 Å². The van der Waals surface area contributed by atoms with E-state index in [9.17, 15) is 23.2 Å². The Morgan fingerprint density at radius 1 is 0.732 bits per heavy atom. The van der Waals surface area contributed by atoms with Gasteiger partial charge in [-0.1, -0.05) is 18.9 Å². The van der Waals surface area contributed by atoms with Gasteiger partial charge in [-0.3, -0.25) is 5.10 Å². The number of halogens is 2. The average molecular weight is 771 g/mol. The summed E-state index contributed by atoms with van der Waals surface area (Å²) in [6, 6.07) is 5.56. The molecule has 0 saturated carbocycles. The predicted octanol–water partition coefficient (Wildman–Crippen LogP) is 10.2. The van der Waals surface area contributed by atoms with E-state index in [1.807, 2.05) is 0 Å². The summed E-state index contributed by atoms with van der Waals surface area (Å²) in [7, 11) is 0. The Labute approximate surface area is 325 Å². The van der Waals surface area contributed by atoms with Gasteiger partial charge in [-0.25, -0.2) is 23.2 Å². The van der Waals surface area contributed by atoms with E-state index < -0.39 is 40.9 Å². The van der Waals surface area contributed by atoms with Gasteiger partial charge in [0.15, 0.2) is 11.6 Å². The molecule has 0 aliphatic rings. The van der Waals surface area contributed by atoms with Crippen molar-refractivity contribution < 1.29 is 37.4 Å². The highest BCUT2D eigenvalue weighted by molar-refractivity contribution is 6.14. The Bertz CT molecular complexity index is 2340.